The molecule has 8 heteroatoms. The third-order valence-corrected chi connectivity index (χ3v) is 7.51. The van der Waals surface area contributed by atoms with Crippen molar-refractivity contribution in [1.82, 2.24) is 9.62 Å². The van der Waals surface area contributed by atoms with Gasteiger partial charge in [-0.2, -0.15) is 4.31 Å². The lowest BCUT2D eigenvalue weighted by Gasteiger charge is -2.33. The van der Waals surface area contributed by atoms with E-state index in [1.54, 1.807) is 10.4 Å². The summed E-state index contributed by atoms with van der Waals surface area (Å²) < 4.78 is 28.3. The van der Waals surface area contributed by atoms with Crippen molar-refractivity contribution < 1.29 is 8.42 Å². The maximum absolute atomic E-state index is 12.8. The summed E-state index contributed by atoms with van der Waals surface area (Å²) in [5.74, 6) is 0. The van der Waals surface area contributed by atoms with E-state index in [1.165, 1.54) is 0 Å². The van der Waals surface area contributed by atoms with E-state index in [-0.39, 0.29) is 18.4 Å². The van der Waals surface area contributed by atoms with Crippen molar-refractivity contribution >= 4 is 45.4 Å². The van der Waals surface area contributed by atoms with Gasteiger partial charge in [-0.25, -0.2) is 8.42 Å². The number of aryl methyl sites for hydroxylation is 1. The molecular formula is C13H22Cl2N2O2S2. The highest BCUT2D eigenvalue weighted by Gasteiger charge is 2.33. The first-order chi connectivity index (χ1) is 9.46. The quantitative estimate of drug-likeness (QED) is 0.862. The Morgan fingerprint density at radius 3 is 2.52 bits per heavy atom. The van der Waals surface area contributed by atoms with Gasteiger partial charge in [-0.3, -0.25) is 0 Å². The lowest BCUT2D eigenvalue weighted by atomic mass is 10.1. The van der Waals surface area contributed by atoms with Gasteiger partial charge >= 0.3 is 0 Å². The molecule has 1 aliphatic heterocycles. The third kappa shape index (κ3) is 4.33. The van der Waals surface area contributed by atoms with Crippen LogP contribution in [0.3, 0.4) is 0 Å². The summed E-state index contributed by atoms with van der Waals surface area (Å²) in [5.41, 5.74) is 0.831. The molecule has 0 amide bonds. The molecule has 0 spiro atoms. The number of piperidine rings is 1. The first-order valence-corrected chi connectivity index (χ1v) is 9.58. The van der Waals surface area contributed by atoms with Gasteiger partial charge in [0.05, 0.1) is 4.34 Å². The van der Waals surface area contributed by atoms with Crippen LogP contribution >= 0.6 is 35.3 Å². The summed E-state index contributed by atoms with van der Waals surface area (Å²) in [5, 5.41) is 3.28. The molecule has 0 aliphatic carbocycles. The predicted octanol–water partition coefficient (Wildman–Crippen LogP) is 3.28. The molecule has 1 saturated heterocycles. The van der Waals surface area contributed by atoms with Gasteiger partial charge in [-0.15, -0.1) is 23.7 Å². The van der Waals surface area contributed by atoms with Crippen LogP contribution in [0.4, 0.5) is 0 Å². The summed E-state index contributed by atoms with van der Waals surface area (Å²) in [7, 11) is -3.42. The third-order valence-electron chi connectivity index (χ3n) is 3.56. The van der Waals surface area contributed by atoms with Crippen molar-refractivity contribution in [1.29, 1.82) is 0 Å². The van der Waals surface area contributed by atoms with Gasteiger partial charge in [-0.05, 0) is 50.9 Å². The van der Waals surface area contributed by atoms with E-state index < -0.39 is 10.0 Å². The molecule has 1 N–H and O–H groups in total. The Bertz CT molecular complexity index is 535. The molecule has 0 saturated carbocycles. The van der Waals surface area contributed by atoms with E-state index in [9.17, 15) is 8.42 Å². The Hall–Kier alpha value is 0.150. The van der Waals surface area contributed by atoms with Crippen molar-refractivity contribution in [2.45, 2.75) is 43.4 Å². The van der Waals surface area contributed by atoms with Gasteiger partial charge in [0.25, 0.3) is 10.0 Å². The number of sulfonamides is 1. The molecule has 1 fully saturated rings. The Balaban J connectivity index is 0.00000220. The number of hydrogen-bond donors (Lipinski definition) is 1. The fourth-order valence-electron chi connectivity index (χ4n) is 2.49. The molecule has 2 heterocycles. The van der Waals surface area contributed by atoms with Gasteiger partial charge < -0.3 is 5.32 Å². The summed E-state index contributed by atoms with van der Waals surface area (Å²) in [6.07, 6.45) is 2.57. The molecule has 0 atom stereocenters. The van der Waals surface area contributed by atoms with Crippen LogP contribution in [-0.2, 0) is 10.0 Å². The van der Waals surface area contributed by atoms with Crippen LogP contribution in [0.5, 0.6) is 0 Å². The number of thiophene rings is 1. The number of hydrogen-bond acceptors (Lipinski definition) is 4. The summed E-state index contributed by atoms with van der Waals surface area (Å²) in [6.45, 7) is 6.18. The zero-order chi connectivity index (χ0) is 14.8. The van der Waals surface area contributed by atoms with Crippen LogP contribution in [0.15, 0.2) is 10.3 Å². The van der Waals surface area contributed by atoms with Crippen molar-refractivity contribution in [3.8, 4) is 0 Å². The van der Waals surface area contributed by atoms with Crippen LogP contribution in [-0.4, -0.2) is 38.4 Å². The molecule has 2 rings (SSSR count). The monoisotopic (exact) mass is 372 g/mol. The second-order valence-corrected chi connectivity index (χ2v) is 8.89. The largest absolute Gasteiger partial charge is 0.317 e. The summed E-state index contributed by atoms with van der Waals surface area (Å²) in [6, 6.07) is 1.79. The van der Waals surface area contributed by atoms with Gasteiger partial charge in [0.15, 0.2) is 0 Å². The first-order valence-electron chi connectivity index (χ1n) is 6.95. The molecule has 1 aromatic heterocycles. The van der Waals surface area contributed by atoms with Crippen LogP contribution < -0.4 is 5.32 Å². The van der Waals surface area contributed by atoms with E-state index >= 15 is 0 Å². The molecule has 4 nitrogen and oxygen atoms in total. The second kappa shape index (κ2) is 8.13. The molecule has 122 valence electrons. The molecule has 0 radical (unpaired) electrons. The van der Waals surface area contributed by atoms with E-state index in [0.717, 1.165) is 49.3 Å². The van der Waals surface area contributed by atoms with Gasteiger partial charge in [-0.1, -0.05) is 18.5 Å². The van der Waals surface area contributed by atoms with Crippen LogP contribution in [0.25, 0.3) is 0 Å². The predicted molar refractivity (Wildman–Crippen MR) is 91.4 cm³/mol. The van der Waals surface area contributed by atoms with Crippen LogP contribution in [0.2, 0.25) is 4.34 Å². The SMILES string of the molecule is CCCN(C1CCNCC1)S(=O)(=O)c1cc(C)c(Cl)s1.Cl. The average Bonchev–Trinajstić information content (AvgIpc) is 2.77. The normalized spacial score (nSPS) is 17.0. The number of halogens is 2. The lowest BCUT2D eigenvalue weighted by Crippen LogP contribution is -2.46. The Morgan fingerprint density at radius 1 is 1.43 bits per heavy atom. The lowest BCUT2D eigenvalue weighted by molar-refractivity contribution is 0.263. The van der Waals surface area contributed by atoms with Gasteiger partial charge in [0.1, 0.15) is 4.21 Å². The molecule has 1 aromatic rings. The van der Waals surface area contributed by atoms with Crippen LogP contribution in [0.1, 0.15) is 31.7 Å². The molecule has 0 aromatic carbocycles. The first kappa shape index (κ1) is 19.2. The Morgan fingerprint density at radius 2 is 2.05 bits per heavy atom. The smallest absolute Gasteiger partial charge is 0.252 e. The fourth-order valence-corrected chi connectivity index (χ4v) is 6.10. The van der Waals surface area contributed by atoms with Crippen LogP contribution in [0, 0.1) is 6.92 Å². The zero-order valence-corrected chi connectivity index (χ0v) is 15.5. The molecule has 1 aliphatic rings. The molecule has 0 unspecified atom stereocenters. The highest BCUT2D eigenvalue weighted by Crippen LogP contribution is 2.33. The van der Waals surface area contributed by atoms with E-state index in [0.29, 0.717) is 15.1 Å². The molecule has 0 bridgehead atoms. The number of rotatable bonds is 5. The number of nitrogens with one attached hydrogen (secondary N) is 1. The molecule has 21 heavy (non-hydrogen) atoms. The zero-order valence-electron chi connectivity index (χ0n) is 12.3. The Kier molecular flexibility index (Phi) is 7.43. The topological polar surface area (TPSA) is 49.4 Å². The summed E-state index contributed by atoms with van der Waals surface area (Å²) >= 11 is 7.19. The van der Waals surface area contributed by atoms with E-state index in [1.807, 2.05) is 13.8 Å². The minimum Gasteiger partial charge on any atom is -0.317 e. The van der Waals surface area contributed by atoms with E-state index in [2.05, 4.69) is 5.32 Å². The standard InChI is InChI=1S/C13H21ClN2O2S2.ClH/c1-3-8-16(11-4-6-15-7-5-11)20(17,18)12-9-10(2)13(14)19-12;/h9,11,15H,3-8H2,1-2H3;1H. The summed E-state index contributed by atoms with van der Waals surface area (Å²) in [4.78, 5) is 0. The Labute approximate surface area is 142 Å². The highest BCUT2D eigenvalue weighted by atomic mass is 35.5. The maximum atomic E-state index is 12.8. The average molecular weight is 373 g/mol. The van der Waals surface area contributed by atoms with Gasteiger partial charge in [0.2, 0.25) is 0 Å². The molecular weight excluding hydrogens is 351 g/mol. The van der Waals surface area contributed by atoms with Crippen molar-refractivity contribution in [2.24, 2.45) is 0 Å². The number of nitrogens with zero attached hydrogens (tertiary/aromatic N) is 1. The minimum absolute atomic E-state index is 0. The minimum atomic E-state index is -3.42. The highest BCUT2D eigenvalue weighted by molar-refractivity contribution is 7.91. The second-order valence-electron chi connectivity index (χ2n) is 5.12. The van der Waals surface area contributed by atoms with Crippen molar-refractivity contribution in [3.63, 3.8) is 0 Å². The maximum Gasteiger partial charge on any atom is 0.252 e. The fraction of sp³-hybridized carbons (Fsp3) is 0.692. The van der Waals surface area contributed by atoms with Crippen molar-refractivity contribution in [2.75, 3.05) is 19.6 Å². The van der Waals surface area contributed by atoms with Crippen molar-refractivity contribution in [3.05, 3.63) is 16.0 Å². The van der Waals surface area contributed by atoms with Gasteiger partial charge in [0, 0.05) is 12.6 Å². The van der Waals surface area contributed by atoms with E-state index in [4.69, 9.17) is 11.6 Å².